The Kier molecular flexibility index (Phi) is 6.15. The number of carbonyl (C=O) groups is 2. The molecule has 5 heteroatoms. The van der Waals surface area contributed by atoms with Gasteiger partial charge in [-0.25, -0.2) is 4.79 Å². The molecule has 0 rings (SSSR count). The molecular formula is C13H25NO4. The summed E-state index contributed by atoms with van der Waals surface area (Å²) in [4.78, 5) is 22.4. The molecule has 2 N–H and O–H groups in total. The molecule has 0 radical (unpaired) electrons. The first-order chi connectivity index (χ1) is 8.03. The molecular weight excluding hydrogens is 234 g/mol. The molecule has 0 aliphatic heterocycles. The number of hydrogen-bond donors (Lipinski definition) is 2. The predicted octanol–water partition coefficient (Wildman–Crippen LogP) is 2.65. The lowest BCUT2D eigenvalue weighted by atomic mass is 9.89. The minimum Gasteiger partial charge on any atom is -0.481 e. The average molecular weight is 259 g/mol. The lowest BCUT2D eigenvalue weighted by molar-refractivity contribution is -0.138. The maximum Gasteiger partial charge on any atom is 0.407 e. The van der Waals surface area contributed by atoms with Crippen molar-refractivity contribution in [3.8, 4) is 0 Å². The van der Waals surface area contributed by atoms with Crippen molar-refractivity contribution in [2.24, 2.45) is 11.8 Å². The van der Waals surface area contributed by atoms with Crippen LogP contribution in [-0.2, 0) is 9.53 Å². The van der Waals surface area contributed by atoms with Gasteiger partial charge in [0.15, 0.2) is 0 Å². The monoisotopic (exact) mass is 259 g/mol. The fraction of sp³-hybridized carbons (Fsp3) is 0.846. The Balaban J connectivity index is 4.54. The first-order valence-corrected chi connectivity index (χ1v) is 6.24. The normalized spacial score (nSPS) is 15.1. The zero-order valence-electron chi connectivity index (χ0n) is 12.1. The van der Waals surface area contributed by atoms with Crippen molar-refractivity contribution in [3.05, 3.63) is 0 Å². The van der Waals surface area contributed by atoms with E-state index in [1.807, 2.05) is 20.8 Å². The van der Waals surface area contributed by atoms with Crippen LogP contribution in [0.3, 0.4) is 0 Å². The standard InChI is InChI=1S/C13H25NO4/c1-8(2)11(9(3)7-10(15)16)14-12(17)18-13(4,5)6/h8-9,11H,7H2,1-6H3,(H,14,17)(H,15,16)/t9-,11-/m1/s1. The molecule has 0 aromatic rings. The third-order valence-electron chi connectivity index (χ3n) is 2.51. The number of alkyl carbamates (subject to hydrolysis) is 1. The molecule has 0 aromatic carbocycles. The van der Waals surface area contributed by atoms with Gasteiger partial charge < -0.3 is 15.2 Å². The summed E-state index contributed by atoms with van der Waals surface area (Å²) in [5.74, 6) is -0.860. The van der Waals surface area contributed by atoms with Gasteiger partial charge in [0, 0.05) is 12.5 Å². The van der Waals surface area contributed by atoms with E-state index in [1.165, 1.54) is 0 Å². The predicted molar refractivity (Wildman–Crippen MR) is 69.4 cm³/mol. The Morgan fingerprint density at radius 2 is 1.72 bits per heavy atom. The van der Waals surface area contributed by atoms with Gasteiger partial charge in [0.05, 0.1) is 0 Å². The summed E-state index contributed by atoms with van der Waals surface area (Å²) in [5.41, 5.74) is -0.554. The molecule has 0 saturated carbocycles. The molecule has 0 aliphatic rings. The first-order valence-electron chi connectivity index (χ1n) is 6.24. The molecule has 18 heavy (non-hydrogen) atoms. The summed E-state index contributed by atoms with van der Waals surface area (Å²) in [6.07, 6.45) is -0.475. The molecule has 0 saturated heterocycles. The highest BCUT2D eigenvalue weighted by Crippen LogP contribution is 2.17. The smallest absolute Gasteiger partial charge is 0.407 e. The molecule has 5 nitrogen and oxygen atoms in total. The topological polar surface area (TPSA) is 75.6 Å². The van der Waals surface area contributed by atoms with E-state index in [2.05, 4.69) is 5.32 Å². The average Bonchev–Trinajstić information content (AvgIpc) is 2.09. The maximum absolute atomic E-state index is 11.7. The van der Waals surface area contributed by atoms with Gasteiger partial charge in [-0.2, -0.15) is 0 Å². The first kappa shape index (κ1) is 16.7. The molecule has 0 fully saturated rings. The minimum absolute atomic E-state index is 0.0264. The van der Waals surface area contributed by atoms with Crippen LogP contribution in [0.25, 0.3) is 0 Å². The summed E-state index contributed by atoms with van der Waals surface area (Å²) in [7, 11) is 0. The van der Waals surface area contributed by atoms with E-state index in [9.17, 15) is 9.59 Å². The van der Waals surface area contributed by atoms with Crippen LogP contribution in [0.1, 0.15) is 48.0 Å². The maximum atomic E-state index is 11.7. The highest BCUT2D eigenvalue weighted by atomic mass is 16.6. The van der Waals surface area contributed by atoms with Gasteiger partial charge >= 0.3 is 12.1 Å². The minimum atomic E-state index is -0.862. The Labute approximate surface area is 109 Å². The van der Waals surface area contributed by atoms with Crippen molar-refractivity contribution in [2.45, 2.75) is 59.6 Å². The van der Waals surface area contributed by atoms with Crippen LogP contribution < -0.4 is 5.32 Å². The molecule has 0 aliphatic carbocycles. The van der Waals surface area contributed by atoms with Gasteiger partial charge in [0.1, 0.15) is 5.60 Å². The van der Waals surface area contributed by atoms with Crippen LogP contribution in [0, 0.1) is 11.8 Å². The highest BCUT2D eigenvalue weighted by Gasteiger charge is 2.26. The summed E-state index contributed by atoms with van der Waals surface area (Å²) >= 11 is 0. The summed E-state index contributed by atoms with van der Waals surface area (Å²) in [6.45, 7) is 11.1. The zero-order chi connectivity index (χ0) is 14.5. The molecule has 0 bridgehead atoms. The second-order valence-electron chi connectivity index (χ2n) is 5.99. The van der Waals surface area contributed by atoms with Crippen LogP contribution in [0.4, 0.5) is 4.79 Å². The van der Waals surface area contributed by atoms with Gasteiger partial charge in [-0.3, -0.25) is 4.79 Å². The number of rotatable bonds is 5. The number of ether oxygens (including phenoxy) is 1. The van der Waals surface area contributed by atoms with Crippen LogP contribution in [-0.4, -0.2) is 28.8 Å². The van der Waals surface area contributed by atoms with E-state index >= 15 is 0 Å². The number of carbonyl (C=O) groups excluding carboxylic acids is 1. The molecule has 0 spiro atoms. The number of carboxylic acid groups (broad SMARTS) is 1. The Hall–Kier alpha value is -1.26. The second kappa shape index (κ2) is 6.61. The third-order valence-corrected chi connectivity index (χ3v) is 2.51. The van der Waals surface area contributed by atoms with Gasteiger partial charge in [-0.05, 0) is 32.6 Å². The molecule has 0 heterocycles. The lowest BCUT2D eigenvalue weighted by Gasteiger charge is -2.29. The molecule has 0 aromatic heterocycles. The van der Waals surface area contributed by atoms with E-state index in [1.54, 1.807) is 20.8 Å². The van der Waals surface area contributed by atoms with Gasteiger partial charge in [0.2, 0.25) is 0 Å². The summed E-state index contributed by atoms with van der Waals surface area (Å²) < 4.78 is 5.18. The lowest BCUT2D eigenvalue weighted by Crippen LogP contribution is -2.45. The molecule has 1 amide bonds. The number of carboxylic acids is 1. The second-order valence-corrected chi connectivity index (χ2v) is 5.99. The largest absolute Gasteiger partial charge is 0.481 e. The third kappa shape index (κ3) is 7.14. The number of hydrogen-bond acceptors (Lipinski definition) is 3. The quantitative estimate of drug-likeness (QED) is 0.795. The van der Waals surface area contributed by atoms with E-state index in [-0.39, 0.29) is 24.3 Å². The Morgan fingerprint density at radius 3 is 2.06 bits per heavy atom. The fourth-order valence-corrected chi connectivity index (χ4v) is 1.81. The summed E-state index contributed by atoms with van der Waals surface area (Å²) in [6, 6.07) is -0.212. The molecule has 0 unspecified atom stereocenters. The van der Waals surface area contributed by atoms with Crippen LogP contribution >= 0.6 is 0 Å². The molecule has 2 atom stereocenters. The van der Waals surface area contributed by atoms with Crippen molar-refractivity contribution in [1.29, 1.82) is 0 Å². The van der Waals surface area contributed by atoms with Crippen LogP contribution in [0.5, 0.6) is 0 Å². The van der Waals surface area contributed by atoms with Gasteiger partial charge in [-0.1, -0.05) is 20.8 Å². The van der Waals surface area contributed by atoms with E-state index in [0.717, 1.165) is 0 Å². The highest BCUT2D eigenvalue weighted by molar-refractivity contribution is 5.69. The Bertz CT molecular complexity index is 294. The van der Waals surface area contributed by atoms with Crippen molar-refractivity contribution in [1.82, 2.24) is 5.32 Å². The fourth-order valence-electron chi connectivity index (χ4n) is 1.81. The van der Waals surface area contributed by atoms with E-state index in [4.69, 9.17) is 9.84 Å². The van der Waals surface area contributed by atoms with Crippen LogP contribution in [0.15, 0.2) is 0 Å². The number of nitrogens with one attached hydrogen (secondary N) is 1. The Morgan fingerprint density at radius 1 is 1.22 bits per heavy atom. The zero-order valence-corrected chi connectivity index (χ0v) is 12.1. The van der Waals surface area contributed by atoms with Gasteiger partial charge in [-0.15, -0.1) is 0 Å². The molecule has 106 valence electrons. The summed E-state index contributed by atoms with van der Waals surface area (Å²) in [5, 5.41) is 11.5. The number of amides is 1. The SMILES string of the molecule is CC(C)[C@@H](NC(=O)OC(C)(C)C)[C@H](C)CC(=O)O. The van der Waals surface area contributed by atoms with Crippen molar-refractivity contribution < 1.29 is 19.4 Å². The van der Waals surface area contributed by atoms with E-state index < -0.39 is 17.7 Å². The van der Waals surface area contributed by atoms with Crippen molar-refractivity contribution in [3.63, 3.8) is 0 Å². The number of aliphatic carboxylic acids is 1. The van der Waals surface area contributed by atoms with Crippen molar-refractivity contribution in [2.75, 3.05) is 0 Å². The van der Waals surface area contributed by atoms with Gasteiger partial charge in [0.25, 0.3) is 0 Å². The van der Waals surface area contributed by atoms with Crippen molar-refractivity contribution >= 4 is 12.1 Å². The van der Waals surface area contributed by atoms with Crippen LogP contribution in [0.2, 0.25) is 0 Å². The van der Waals surface area contributed by atoms with E-state index in [0.29, 0.717) is 0 Å².